The number of primary amides is 1. The summed E-state index contributed by atoms with van der Waals surface area (Å²) in [4.78, 5) is 83.0. The number of aromatic hydroxyl groups is 1. The Hall–Kier alpha value is -4.73. The fourth-order valence-corrected chi connectivity index (χ4v) is 3.27. The number of carbonyl (C=O) groups is 7. The number of hydrogen-bond acceptors (Lipinski definition) is 9. The van der Waals surface area contributed by atoms with Crippen LogP contribution in [0.15, 0.2) is 24.3 Å². The molecule has 0 spiro atoms. The molecule has 4 unspecified atom stereocenters. The van der Waals surface area contributed by atoms with E-state index in [0.29, 0.717) is 5.56 Å². The van der Waals surface area contributed by atoms with Gasteiger partial charge in [0.15, 0.2) is 0 Å². The zero-order valence-electron chi connectivity index (χ0n) is 20.7. The van der Waals surface area contributed by atoms with Gasteiger partial charge in [0, 0.05) is 19.3 Å². The smallest absolute Gasteiger partial charge is 0.326 e. The summed E-state index contributed by atoms with van der Waals surface area (Å²) in [5.41, 5.74) is 11.0. The highest BCUT2D eigenvalue weighted by Crippen LogP contribution is 2.12. The Morgan fingerprint density at radius 2 is 1.15 bits per heavy atom. The summed E-state index contributed by atoms with van der Waals surface area (Å²) in [6, 6.07) is -0.608. The monoisotopic (exact) mass is 553 g/mol. The van der Waals surface area contributed by atoms with Gasteiger partial charge in [0.05, 0.1) is 12.5 Å². The number of benzene rings is 1. The van der Waals surface area contributed by atoms with Crippen LogP contribution in [0, 0.1) is 0 Å². The van der Waals surface area contributed by atoms with Crippen LogP contribution in [-0.4, -0.2) is 86.1 Å². The second kappa shape index (κ2) is 15.5. The average molecular weight is 554 g/mol. The fourth-order valence-electron chi connectivity index (χ4n) is 3.27. The number of phenolic OH excluding ortho intramolecular Hbond substituents is 1. The SMILES string of the molecule is NC(=O)CC(N)C(=O)NC(CCC(=O)O)C(=O)NC(CCC(=O)O)C(=O)NC(Cc1ccc(O)cc1)C(=O)O. The number of phenols is 1. The maximum Gasteiger partial charge on any atom is 0.326 e. The quantitative estimate of drug-likeness (QED) is 0.0960. The van der Waals surface area contributed by atoms with E-state index < -0.39 is 97.8 Å². The normalized spacial score (nSPS) is 13.7. The summed E-state index contributed by atoms with van der Waals surface area (Å²) >= 11 is 0. The van der Waals surface area contributed by atoms with Crippen LogP contribution in [0.4, 0.5) is 0 Å². The first-order valence-electron chi connectivity index (χ1n) is 11.6. The first-order valence-corrected chi connectivity index (χ1v) is 11.6. The lowest BCUT2D eigenvalue weighted by Crippen LogP contribution is -2.57. The molecule has 0 saturated heterocycles. The van der Waals surface area contributed by atoms with Crippen LogP contribution >= 0.6 is 0 Å². The first-order chi connectivity index (χ1) is 18.2. The van der Waals surface area contributed by atoms with Crippen LogP contribution in [0.3, 0.4) is 0 Å². The number of amides is 4. The molecule has 0 aliphatic rings. The zero-order valence-corrected chi connectivity index (χ0v) is 20.7. The van der Waals surface area contributed by atoms with Crippen LogP contribution in [0.25, 0.3) is 0 Å². The van der Waals surface area contributed by atoms with E-state index in [9.17, 15) is 43.8 Å². The molecule has 0 radical (unpaired) electrons. The Morgan fingerprint density at radius 3 is 1.56 bits per heavy atom. The van der Waals surface area contributed by atoms with Gasteiger partial charge < -0.3 is 47.8 Å². The van der Waals surface area contributed by atoms with Crippen molar-refractivity contribution in [3.8, 4) is 5.75 Å². The van der Waals surface area contributed by atoms with E-state index in [1.165, 1.54) is 24.3 Å². The minimum Gasteiger partial charge on any atom is -0.508 e. The zero-order chi connectivity index (χ0) is 29.7. The molecule has 4 atom stereocenters. The van der Waals surface area contributed by atoms with Crippen molar-refractivity contribution >= 4 is 41.5 Å². The molecular formula is C23H31N5O11. The van der Waals surface area contributed by atoms with Gasteiger partial charge in [-0.1, -0.05) is 12.1 Å². The van der Waals surface area contributed by atoms with Crippen molar-refractivity contribution in [2.24, 2.45) is 11.5 Å². The molecule has 1 aromatic rings. The van der Waals surface area contributed by atoms with Gasteiger partial charge in [0.25, 0.3) is 0 Å². The lowest BCUT2D eigenvalue weighted by atomic mass is 10.0. The van der Waals surface area contributed by atoms with E-state index in [0.717, 1.165) is 0 Å². The third-order valence-electron chi connectivity index (χ3n) is 5.31. The van der Waals surface area contributed by atoms with E-state index in [1.807, 2.05) is 0 Å². The molecule has 0 aliphatic heterocycles. The minimum absolute atomic E-state index is 0.0637. The summed E-state index contributed by atoms with van der Waals surface area (Å²) in [5.74, 6) is -8.19. The van der Waals surface area contributed by atoms with Gasteiger partial charge >= 0.3 is 17.9 Å². The molecule has 4 amide bonds. The Balaban J connectivity index is 3.08. The number of nitrogens with two attached hydrogens (primary N) is 2. The van der Waals surface area contributed by atoms with E-state index >= 15 is 0 Å². The third-order valence-corrected chi connectivity index (χ3v) is 5.31. The van der Waals surface area contributed by atoms with Gasteiger partial charge in [0.2, 0.25) is 23.6 Å². The van der Waals surface area contributed by atoms with E-state index in [2.05, 4.69) is 16.0 Å². The summed E-state index contributed by atoms with van der Waals surface area (Å²) < 4.78 is 0. The van der Waals surface area contributed by atoms with Gasteiger partial charge in [-0.2, -0.15) is 0 Å². The Morgan fingerprint density at radius 1 is 0.718 bits per heavy atom. The van der Waals surface area contributed by atoms with Crippen molar-refractivity contribution in [2.45, 2.75) is 62.7 Å². The van der Waals surface area contributed by atoms with Crippen molar-refractivity contribution in [2.75, 3.05) is 0 Å². The number of nitrogens with one attached hydrogen (secondary N) is 3. The second-order valence-electron chi connectivity index (χ2n) is 8.53. The van der Waals surface area contributed by atoms with Gasteiger partial charge in [-0.15, -0.1) is 0 Å². The molecule has 16 nitrogen and oxygen atoms in total. The summed E-state index contributed by atoms with van der Waals surface area (Å²) in [5, 5.41) is 43.6. The van der Waals surface area contributed by atoms with E-state index in [1.54, 1.807) is 0 Å². The highest BCUT2D eigenvalue weighted by atomic mass is 16.4. The average Bonchev–Trinajstić information content (AvgIpc) is 2.83. The maximum atomic E-state index is 12.9. The van der Waals surface area contributed by atoms with Crippen LogP contribution in [0.5, 0.6) is 5.75 Å². The fraction of sp³-hybridized carbons (Fsp3) is 0.435. The Labute approximate surface area is 221 Å². The van der Waals surface area contributed by atoms with Crippen molar-refractivity contribution in [1.29, 1.82) is 0 Å². The van der Waals surface area contributed by atoms with Crippen LogP contribution in [-0.2, 0) is 40.0 Å². The largest absolute Gasteiger partial charge is 0.508 e. The number of carboxylic acids is 3. The van der Waals surface area contributed by atoms with Crippen LogP contribution < -0.4 is 27.4 Å². The van der Waals surface area contributed by atoms with Gasteiger partial charge in [-0.05, 0) is 30.5 Å². The molecule has 1 aromatic carbocycles. The number of aliphatic carboxylic acids is 3. The summed E-state index contributed by atoms with van der Waals surface area (Å²) in [7, 11) is 0. The van der Waals surface area contributed by atoms with E-state index in [4.69, 9.17) is 21.7 Å². The topological polar surface area (TPSA) is 289 Å². The third kappa shape index (κ3) is 12.4. The molecule has 39 heavy (non-hydrogen) atoms. The van der Waals surface area contributed by atoms with Crippen molar-refractivity contribution in [3.63, 3.8) is 0 Å². The minimum atomic E-state index is -1.58. The Kier molecular flexibility index (Phi) is 12.8. The molecule has 0 saturated carbocycles. The molecule has 0 fully saturated rings. The van der Waals surface area contributed by atoms with E-state index in [-0.39, 0.29) is 12.2 Å². The van der Waals surface area contributed by atoms with Gasteiger partial charge in [0.1, 0.15) is 23.9 Å². The van der Waals surface area contributed by atoms with Crippen LogP contribution in [0.2, 0.25) is 0 Å². The molecule has 0 bridgehead atoms. The van der Waals surface area contributed by atoms with Crippen molar-refractivity contribution in [1.82, 2.24) is 16.0 Å². The lowest BCUT2D eigenvalue weighted by molar-refractivity contribution is -0.143. The molecule has 0 heterocycles. The Bertz CT molecular complexity index is 1080. The molecule has 16 heteroatoms. The number of hydrogen-bond donors (Lipinski definition) is 9. The first kappa shape index (κ1) is 32.3. The van der Waals surface area contributed by atoms with Gasteiger partial charge in [-0.3, -0.25) is 28.8 Å². The maximum absolute atomic E-state index is 12.9. The number of carboxylic acid groups (broad SMARTS) is 3. The molecule has 11 N–H and O–H groups in total. The summed E-state index contributed by atoms with van der Waals surface area (Å²) in [6.45, 7) is 0. The van der Waals surface area contributed by atoms with Gasteiger partial charge in [-0.25, -0.2) is 4.79 Å². The second-order valence-corrected chi connectivity index (χ2v) is 8.53. The van der Waals surface area contributed by atoms with Crippen molar-refractivity contribution < 1.29 is 54.0 Å². The number of rotatable bonds is 17. The molecular weight excluding hydrogens is 522 g/mol. The summed E-state index contributed by atoms with van der Waals surface area (Å²) in [6.07, 6.45) is -2.91. The van der Waals surface area contributed by atoms with Crippen molar-refractivity contribution in [3.05, 3.63) is 29.8 Å². The molecule has 0 aliphatic carbocycles. The molecule has 214 valence electrons. The predicted octanol–water partition coefficient (Wildman–Crippen LogP) is -2.59. The predicted molar refractivity (Wildman–Crippen MR) is 131 cm³/mol. The molecule has 0 aromatic heterocycles. The molecule has 1 rings (SSSR count). The van der Waals surface area contributed by atoms with Crippen LogP contribution in [0.1, 0.15) is 37.7 Å². The highest BCUT2D eigenvalue weighted by molar-refractivity contribution is 5.95. The standard InChI is InChI=1S/C23H31N5O11/c24-13(10-17(25)30)20(35)26-14(5-7-18(31)32)21(36)27-15(6-8-19(33)34)22(37)28-16(23(38)39)9-11-1-3-12(29)4-2-11/h1-4,13-16,29H,5-10,24H2,(H2,25,30)(H,26,35)(H,27,36)(H,28,37)(H,31,32)(H,33,34)(H,38,39). The number of carbonyl (C=O) groups excluding carboxylic acids is 4. The lowest BCUT2D eigenvalue weighted by Gasteiger charge is -2.25. The highest BCUT2D eigenvalue weighted by Gasteiger charge is 2.31.